The van der Waals surface area contributed by atoms with Crippen LogP contribution in [0.15, 0.2) is 6.20 Å². The van der Waals surface area contributed by atoms with E-state index in [1.807, 2.05) is 4.68 Å². The van der Waals surface area contributed by atoms with Crippen LogP contribution in [0.5, 0.6) is 0 Å². The second kappa shape index (κ2) is 7.64. The third-order valence-corrected chi connectivity index (χ3v) is 5.25. The molecule has 1 saturated carbocycles. The Bertz CT molecular complexity index is 433. The molecule has 1 fully saturated rings. The first kappa shape index (κ1) is 16.8. The van der Waals surface area contributed by atoms with E-state index < -0.39 is 0 Å². The van der Waals surface area contributed by atoms with Crippen LogP contribution < -0.4 is 5.73 Å². The van der Waals surface area contributed by atoms with Gasteiger partial charge in [-0.25, -0.2) is 0 Å². The Kier molecular flexibility index (Phi) is 6.12. The van der Waals surface area contributed by atoms with E-state index in [2.05, 4.69) is 25.9 Å². The number of rotatable bonds is 6. The van der Waals surface area contributed by atoms with E-state index in [0.29, 0.717) is 12.0 Å². The lowest BCUT2D eigenvalue weighted by atomic mass is 9.76. The molecular weight excluding hydrogens is 282 g/mol. The lowest BCUT2D eigenvalue weighted by Crippen LogP contribution is -2.29. The van der Waals surface area contributed by atoms with Crippen molar-refractivity contribution in [2.24, 2.45) is 17.6 Å². The summed E-state index contributed by atoms with van der Waals surface area (Å²) in [5.41, 5.74) is 7.59. The predicted molar refractivity (Wildman–Crippen MR) is 89.5 cm³/mol. The molecule has 1 heterocycles. The van der Waals surface area contributed by atoms with Crippen LogP contribution in [-0.2, 0) is 0 Å². The second-order valence-corrected chi connectivity index (χ2v) is 7.27. The first-order chi connectivity index (χ1) is 10.0. The van der Waals surface area contributed by atoms with Crippen LogP contribution in [0.25, 0.3) is 0 Å². The molecule has 2 rings (SSSR count). The highest BCUT2D eigenvalue weighted by atomic mass is 35.5. The molecule has 21 heavy (non-hydrogen) atoms. The molecule has 1 aromatic heterocycles. The summed E-state index contributed by atoms with van der Waals surface area (Å²) in [6.07, 6.45) is 10.9. The fraction of sp³-hybridized carbons (Fsp3) is 0.824. The zero-order valence-corrected chi connectivity index (χ0v) is 14.4. The molecule has 1 atom stereocenters. The number of hydrogen-bond donors (Lipinski definition) is 1. The maximum atomic E-state index is 6.55. The SMILES string of the molecule is CCCCC1CCC(C(N)c2c(Cl)cnn2C(C)C)CC1. The predicted octanol–water partition coefficient (Wildman–Crippen LogP) is 5.11. The molecule has 0 radical (unpaired) electrons. The summed E-state index contributed by atoms with van der Waals surface area (Å²) in [4.78, 5) is 0. The minimum absolute atomic E-state index is 0.0227. The van der Waals surface area contributed by atoms with Crippen molar-refractivity contribution in [3.8, 4) is 0 Å². The molecule has 0 aliphatic heterocycles. The first-order valence-corrected chi connectivity index (χ1v) is 8.90. The number of hydrogen-bond acceptors (Lipinski definition) is 2. The summed E-state index contributed by atoms with van der Waals surface area (Å²) in [5, 5.41) is 5.12. The van der Waals surface area contributed by atoms with Crippen molar-refractivity contribution in [3.63, 3.8) is 0 Å². The van der Waals surface area contributed by atoms with E-state index in [1.54, 1.807) is 6.20 Å². The molecule has 1 aliphatic carbocycles. The van der Waals surface area contributed by atoms with Crippen molar-refractivity contribution in [1.82, 2.24) is 9.78 Å². The van der Waals surface area contributed by atoms with E-state index in [0.717, 1.165) is 16.6 Å². The maximum Gasteiger partial charge on any atom is 0.0834 e. The molecule has 1 aliphatic rings. The standard InChI is InChI=1S/C17H30ClN3/c1-4-5-6-13-7-9-14(10-8-13)16(19)17-15(18)11-20-21(17)12(2)3/h11-14,16H,4-10,19H2,1-3H3. The lowest BCUT2D eigenvalue weighted by Gasteiger charge is -2.33. The van der Waals surface area contributed by atoms with E-state index >= 15 is 0 Å². The molecular formula is C17H30ClN3. The van der Waals surface area contributed by atoms with Crippen LogP contribution in [0.4, 0.5) is 0 Å². The molecule has 1 unspecified atom stereocenters. The monoisotopic (exact) mass is 311 g/mol. The van der Waals surface area contributed by atoms with Gasteiger partial charge in [0, 0.05) is 6.04 Å². The summed E-state index contributed by atoms with van der Waals surface area (Å²) in [6.45, 7) is 6.53. The van der Waals surface area contributed by atoms with Gasteiger partial charge >= 0.3 is 0 Å². The Hall–Kier alpha value is -0.540. The Balaban J connectivity index is 1.99. The molecule has 0 spiro atoms. The van der Waals surface area contributed by atoms with E-state index in [4.69, 9.17) is 17.3 Å². The molecule has 0 saturated heterocycles. The van der Waals surface area contributed by atoms with Crippen molar-refractivity contribution < 1.29 is 0 Å². The van der Waals surface area contributed by atoms with Gasteiger partial charge < -0.3 is 5.73 Å². The average molecular weight is 312 g/mol. The largest absolute Gasteiger partial charge is 0.322 e. The van der Waals surface area contributed by atoms with Gasteiger partial charge in [-0.1, -0.05) is 50.6 Å². The van der Waals surface area contributed by atoms with E-state index in [-0.39, 0.29) is 6.04 Å². The highest BCUT2D eigenvalue weighted by Crippen LogP contribution is 2.39. The minimum Gasteiger partial charge on any atom is -0.322 e. The Morgan fingerprint density at radius 2 is 2.00 bits per heavy atom. The van der Waals surface area contributed by atoms with Gasteiger partial charge in [0.05, 0.1) is 23.0 Å². The van der Waals surface area contributed by atoms with Gasteiger partial charge in [0.1, 0.15) is 0 Å². The Morgan fingerprint density at radius 1 is 1.33 bits per heavy atom. The third-order valence-electron chi connectivity index (χ3n) is 4.96. The highest BCUT2D eigenvalue weighted by molar-refractivity contribution is 6.31. The smallest absolute Gasteiger partial charge is 0.0834 e. The topological polar surface area (TPSA) is 43.8 Å². The molecule has 120 valence electrons. The van der Waals surface area contributed by atoms with Gasteiger partial charge in [0.15, 0.2) is 0 Å². The quantitative estimate of drug-likeness (QED) is 0.793. The van der Waals surface area contributed by atoms with Crippen molar-refractivity contribution in [3.05, 3.63) is 16.9 Å². The van der Waals surface area contributed by atoms with Crippen LogP contribution in [0.2, 0.25) is 5.02 Å². The number of halogens is 1. The van der Waals surface area contributed by atoms with Crippen LogP contribution in [-0.4, -0.2) is 9.78 Å². The van der Waals surface area contributed by atoms with Crippen LogP contribution in [0.1, 0.15) is 83.5 Å². The van der Waals surface area contributed by atoms with Crippen LogP contribution >= 0.6 is 11.6 Å². The molecule has 1 aromatic rings. The normalized spacial score (nSPS) is 24.5. The highest BCUT2D eigenvalue weighted by Gasteiger charge is 2.30. The molecule has 3 nitrogen and oxygen atoms in total. The summed E-state index contributed by atoms with van der Waals surface area (Å²) < 4.78 is 2.00. The molecule has 2 N–H and O–H groups in total. The van der Waals surface area contributed by atoms with Crippen LogP contribution in [0, 0.1) is 11.8 Å². The van der Waals surface area contributed by atoms with E-state index in [9.17, 15) is 0 Å². The molecule has 0 amide bonds. The van der Waals surface area contributed by atoms with Gasteiger partial charge in [-0.3, -0.25) is 4.68 Å². The zero-order chi connectivity index (χ0) is 15.4. The number of unbranched alkanes of at least 4 members (excludes halogenated alkanes) is 1. The Morgan fingerprint density at radius 3 is 2.57 bits per heavy atom. The number of nitrogens with two attached hydrogens (primary N) is 1. The fourth-order valence-corrected chi connectivity index (χ4v) is 3.88. The zero-order valence-electron chi connectivity index (χ0n) is 13.7. The third kappa shape index (κ3) is 4.01. The number of nitrogens with zero attached hydrogens (tertiary/aromatic N) is 2. The maximum absolute atomic E-state index is 6.55. The second-order valence-electron chi connectivity index (χ2n) is 6.86. The van der Waals surface area contributed by atoms with Gasteiger partial charge in [-0.2, -0.15) is 5.10 Å². The summed E-state index contributed by atoms with van der Waals surface area (Å²) in [6, 6.07) is 0.328. The minimum atomic E-state index is 0.0227. The molecule has 4 heteroatoms. The first-order valence-electron chi connectivity index (χ1n) is 8.53. The van der Waals surface area contributed by atoms with Gasteiger partial charge in [0.2, 0.25) is 0 Å². The van der Waals surface area contributed by atoms with Crippen molar-refractivity contribution in [2.45, 2.75) is 77.8 Å². The average Bonchev–Trinajstić information content (AvgIpc) is 2.87. The van der Waals surface area contributed by atoms with Gasteiger partial charge in [-0.05, 0) is 38.5 Å². The fourth-order valence-electron chi connectivity index (χ4n) is 3.63. The van der Waals surface area contributed by atoms with Crippen molar-refractivity contribution >= 4 is 11.6 Å². The summed E-state index contributed by atoms with van der Waals surface area (Å²) >= 11 is 6.34. The van der Waals surface area contributed by atoms with Gasteiger partial charge in [-0.15, -0.1) is 0 Å². The molecule has 0 aromatic carbocycles. The summed E-state index contributed by atoms with van der Waals surface area (Å²) in [5.74, 6) is 1.47. The number of aromatic nitrogens is 2. The van der Waals surface area contributed by atoms with Crippen LogP contribution in [0.3, 0.4) is 0 Å². The Labute approximate surface area is 134 Å². The van der Waals surface area contributed by atoms with Gasteiger partial charge in [0.25, 0.3) is 0 Å². The summed E-state index contributed by atoms with van der Waals surface area (Å²) in [7, 11) is 0. The molecule has 0 bridgehead atoms. The van der Waals surface area contributed by atoms with Crippen molar-refractivity contribution in [2.75, 3.05) is 0 Å². The van der Waals surface area contributed by atoms with Crippen molar-refractivity contribution in [1.29, 1.82) is 0 Å². The lowest BCUT2D eigenvalue weighted by molar-refractivity contribution is 0.226. The van der Waals surface area contributed by atoms with E-state index in [1.165, 1.54) is 44.9 Å².